The Morgan fingerprint density at radius 3 is 2.00 bits per heavy atom. The van der Waals surface area contributed by atoms with E-state index in [0.29, 0.717) is 12.0 Å². The van der Waals surface area contributed by atoms with Gasteiger partial charge in [0.05, 0.1) is 12.0 Å². The van der Waals surface area contributed by atoms with Gasteiger partial charge in [-0.3, -0.25) is 0 Å². The molecule has 0 aliphatic heterocycles. The van der Waals surface area contributed by atoms with Crippen LogP contribution in [-0.2, 0) is 6.42 Å². The van der Waals surface area contributed by atoms with Gasteiger partial charge in [-0.05, 0) is 36.4 Å². The third kappa shape index (κ3) is 9.36. The first-order valence-electron chi connectivity index (χ1n) is 12.4. The number of unbranched alkanes of at least 4 members (excludes halogenated alkanes) is 12. The van der Waals surface area contributed by atoms with E-state index in [-0.39, 0.29) is 5.63 Å². The average molecular weight is 415 g/mol. The third-order valence-corrected chi connectivity index (χ3v) is 5.83. The van der Waals surface area contributed by atoms with Crippen LogP contribution >= 0.6 is 0 Å². The molecule has 168 valence electrons. The predicted octanol–water partition coefficient (Wildman–Crippen LogP) is 8.22. The summed E-state index contributed by atoms with van der Waals surface area (Å²) in [5.41, 5.74) is -0.244. The summed E-state index contributed by atoms with van der Waals surface area (Å²) in [6.45, 7) is 5.20. The van der Waals surface area contributed by atoms with Crippen molar-refractivity contribution in [2.24, 2.45) is 0 Å². The van der Waals surface area contributed by atoms with Gasteiger partial charge in [0.15, 0.2) is 0 Å². The molecule has 2 aromatic rings. The molecule has 3 nitrogen and oxygen atoms in total. The first-order chi connectivity index (χ1) is 14.7. The molecule has 0 saturated heterocycles. The van der Waals surface area contributed by atoms with Gasteiger partial charge in [-0.25, -0.2) is 4.79 Å². The lowest BCUT2D eigenvalue weighted by Crippen LogP contribution is -2.04. The number of ether oxygens (including phenoxy) is 1. The van der Waals surface area contributed by atoms with Crippen molar-refractivity contribution in [2.45, 2.75) is 110 Å². The van der Waals surface area contributed by atoms with Gasteiger partial charge in [0, 0.05) is 6.42 Å². The monoisotopic (exact) mass is 414 g/mol. The number of benzene rings is 1. The summed E-state index contributed by atoms with van der Waals surface area (Å²) in [6.07, 6.45) is 18.6. The van der Waals surface area contributed by atoms with Gasteiger partial charge in [-0.1, -0.05) is 97.0 Å². The van der Waals surface area contributed by atoms with Crippen LogP contribution in [0.15, 0.2) is 33.5 Å². The Morgan fingerprint density at radius 1 is 0.733 bits per heavy atom. The van der Waals surface area contributed by atoms with Gasteiger partial charge < -0.3 is 9.15 Å². The SMILES string of the molecule is CCCCCCCCCOc1ccc2cc(CCCCCCCCC)oc(=O)c2c1. The fourth-order valence-corrected chi connectivity index (χ4v) is 3.93. The largest absolute Gasteiger partial charge is 0.494 e. The van der Waals surface area contributed by atoms with E-state index in [0.717, 1.165) is 36.2 Å². The van der Waals surface area contributed by atoms with Gasteiger partial charge in [0.25, 0.3) is 0 Å². The van der Waals surface area contributed by atoms with E-state index in [1.807, 2.05) is 24.3 Å². The van der Waals surface area contributed by atoms with Gasteiger partial charge in [-0.2, -0.15) is 0 Å². The number of hydrogen-bond donors (Lipinski definition) is 0. The van der Waals surface area contributed by atoms with E-state index in [9.17, 15) is 4.79 Å². The quantitative estimate of drug-likeness (QED) is 0.245. The lowest BCUT2D eigenvalue weighted by atomic mass is 10.1. The maximum atomic E-state index is 12.4. The van der Waals surface area contributed by atoms with Crippen molar-refractivity contribution >= 4 is 10.8 Å². The molecule has 0 aliphatic carbocycles. The molecule has 2 rings (SSSR count). The summed E-state index contributed by atoms with van der Waals surface area (Å²) in [5, 5.41) is 1.57. The molecule has 0 aliphatic rings. The fourth-order valence-electron chi connectivity index (χ4n) is 3.93. The third-order valence-electron chi connectivity index (χ3n) is 5.83. The number of rotatable bonds is 17. The van der Waals surface area contributed by atoms with E-state index in [1.165, 1.54) is 77.0 Å². The van der Waals surface area contributed by atoms with Crippen molar-refractivity contribution in [1.29, 1.82) is 0 Å². The molecule has 0 bridgehead atoms. The fraction of sp³-hybridized carbons (Fsp3) is 0.667. The van der Waals surface area contributed by atoms with Crippen molar-refractivity contribution < 1.29 is 9.15 Å². The molecular formula is C27H42O3. The van der Waals surface area contributed by atoms with Crippen molar-refractivity contribution in [2.75, 3.05) is 6.61 Å². The van der Waals surface area contributed by atoms with Gasteiger partial charge in [-0.15, -0.1) is 0 Å². The second kappa shape index (κ2) is 15.1. The number of hydrogen-bond acceptors (Lipinski definition) is 3. The van der Waals surface area contributed by atoms with Gasteiger partial charge in [0.1, 0.15) is 11.5 Å². The molecule has 0 N–H and O–H groups in total. The lowest BCUT2D eigenvalue weighted by molar-refractivity contribution is 0.304. The summed E-state index contributed by atoms with van der Waals surface area (Å²) in [4.78, 5) is 12.4. The molecule has 0 unspecified atom stereocenters. The predicted molar refractivity (Wildman–Crippen MR) is 128 cm³/mol. The average Bonchev–Trinajstić information content (AvgIpc) is 2.75. The highest BCUT2D eigenvalue weighted by Crippen LogP contribution is 2.21. The van der Waals surface area contributed by atoms with Crippen molar-refractivity contribution in [3.8, 4) is 5.75 Å². The molecule has 0 radical (unpaired) electrons. The Labute approximate surface area is 183 Å². The summed E-state index contributed by atoms with van der Waals surface area (Å²) in [6, 6.07) is 7.81. The van der Waals surface area contributed by atoms with E-state index in [2.05, 4.69) is 13.8 Å². The Morgan fingerprint density at radius 2 is 1.33 bits per heavy atom. The normalized spacial score (nSPS) is 11.3. The number of fused-ring (bicyclic) bond motifs is 1. The molecule has 0 atom stereocenters. The molecule has 0 amide bonds. The molecule has 3 heteroatoms. The zero-order valence-electron chi connectivity index (χ0n) is 19.3. The lowest BCUT2D eigenvalue weighted by Gasteiger charge is -2.08. The van der Waals surface area contributed by atoms with E-state index < -0.39 is 0 Å². The maximum Gasteiger partial charge on any atom is 0.343 e. The smallest absolute Gasteiger partial charge is 0.343 e. The second-order valence-electron chi connectivity index (χ2n) is 8.59. The minimum atomic E-state index is -0.244. The molecule has 0 saturated carbocycles. The number of aryl methyl sites for hydroxylation is 1. The van der Waals surface area contributed by atoms with Crippen LogP contribution in [0.1, 0.15) is 109 Å². The van der Waals surface area contributed by atoms with Crippen LogP contribution in [0.3, 0.4) is 0 Å². The second-order valence-corrected chi connectivity index (χ2v) is 8.59. The topological polar surface area (TPSA) is 39.4 Å². The van der Waals surface area contributed by atoms with Crippen LogP contribution in [-0.4, -0.2) is 6.61 Å². The van der Waals surface area contributed by atoms with Crippen molar-refractivity contribution in [1.82, 2.24) is 0 Å². The molecule has 1 aromatic heterocycles. The first-order valence-corrected chi connectivity index (χ1v) is 12.4. The van der Waals surface area contributed by atoms with Crippen LogP contribution in [0, 0.1) is 0 Å². The van der Waals surface area contributed by atoms with Crippen LogP contribution < -0.4 is 10.4 Å². The Kier molecular flexibility index (Phi) is 12.3. The van der Waals surface area contributed by atoms with Crippen LogP contribution in [0.4, 0.5) is 0 Å². The zero-order valence-corrected chi connectivity index (χ0v) is 19.3. The highest BCUT2D eigenvalue weighted by atomic mass is 16.5. The van der Waals surface area contributed by atoms with Gasteiger partial charge in [0.2, 0.25) is 0 Å². The highest BCUT2D eigenvalue weighted by Gasteiger charge is 2.07. The van der Waals surface area contributed by atoms with E-state index in [4.69, 9.17) is 9.15 Å². The summed E-state index contributed by atoms with van der Waals surface area (Å²) in [7, 11) is 0. The highest BCUT2D eigenvalue weighted by molar-refractivity contribution is 5.82. The Hall–Kier alpha value is -1.77. The Balaban J connectivity index is 1.75. The first kappa shape index (κ1) is 24.5. The molecule has 0 spiro atoms. The summed E-state index contributed by atoms with van der Waals surface area (Å²) >= 11 is 0. The molecule has 1 aromatic carbocycles. The van der Waals surface area contributed by atoms with Crippen molar-refractivity contribution in [3.63, 3.8) is 0 Å². The summed E-state index contributed by atoms with van der Waals surface area (Å²) < 4.78 is 11.4. The minimum Gasteiger partial charge on any atom is -0.494 e. The van der Waals surface area contributed by atoms with Crippen molar-refractivity contribution in [3.05, 3.63) is 40.4 Å². The van der Waals surface area contributed by atoms with Gasteiger partial charge >= 0.3 is 5.63 Å². The van der Waals surface area contributed by atoms with Crippen LogP contribution in [0.25, 0.3) is 10.8 Å². The Bertz CT molecular complexity index is 762. The van der Waals surface area contributed by atoms with Crippen LogP contribution in [0.2, 0.25) is 0 Å². The van der Waals surface area contributed by atoms with E-state index in [1.54, 1.807) is 0 Å². The maximum absolute atomic E-state index is 12.4. The molecule has 1 heterocycles. The van der Waals surface area contributed by atoms with E-state index >= 15 is 0 Å². The standard InChI is InChI=1S/C27H42O3/c1-3-5-7-9-11-13-15-17-25-21-23-18-19-24(22-26(23)27(28)30-25)29-20-16-14-12-10-8-6-4-2/h18-19,21-22H,3-17,20H2,1-2H3. The summed E-state index contributed by atoms with van der Waals surface area (Å²) in [5.74, 6) is 1.57. The zero-order chi connectivity index (χ0) is 21.4. The molecular weight excluding hydrogens is 372 g/mol. The minimum absolute atomic E-state index is 0.244. The molecule has 0 fully saturated rings. The van der Waals surface area contributed by atoms with Crippen LogP contribution in [0.5, 0.6) is 5.75 Å². The molecule has 30 heavy (non-hydrogen) atoms.